The van der Waals surface area contributed by atoms with Gasteiger partial charge < -0.3 is 10.1 Å². The predicted molar refractivity (Wildman–Crippen MR) is 117 cm³/mol. The third-order valence-corrected chi connectivity index (χ3v) is 4.66. The molecule has 4 aromatic rings. The number of carbonyl (C=O) groups is 2. The normalized spacial score (nSPS) is 10.3. The summed E-state index contributed by atoms with van der Waals surface area (Å²) in [6, 6.07) is 27.1. The van der Waals surface area contributed by atoms with E-state index in [9.17, 15) is 9.59 Å². The molecule has 0 saturated heterocycles. The van der Waals surface area contributed by atoms with Crippen molar-refractivity contribution in [2.75, 3.05) is 11.9 Å². The second-order valence-electron chi connectivity index (χ2n) is 6.72. The fraction of sp³-hybridized carbons (Fsp3) is 0.0400. The summed E-state index contributed by atoms with van der Waals surface area (Å²) in [5.41, 5.74) is 3.19. The van der Waals surface area contributed by atoms with Crippen LogP contribution in [-0.2, 0) is 9.53 Å². The van der Waals surface area contributed by atoms with Gasteiger partial charge in [-0.15, -0.1) is 0 Å². The Balaban J connectivity index is 1.56. The summed E-state index contributed by atoms with van der Waals surface area (Å²) in [7, 11) is 0. The molecule has 4 rings (SSSR count). The van der Waals surface area contributed by atoms with Crippen molar-refractivity contribution in [3.8, 4) is 17.3 Å². The quantitative estimate of drug-likeness (QED) is 0.489. The number of nitrogens with one attached hydrogen (secondary N) is 1. The van der Waals surface area contributed by atoms with Gasteiger partial charge in [0.05, 0.1) is 28.0 Å². The van der Waals surface area contributed by atoms with Crippen molar-refractivity contribution >= 4 is 28.5 Å². The molecule has 0 aliphatic heterocycles. The number of anilines is 1. The second-order valence-corrected chi connectivity index (χ2v) is 6.72. The summed E-state index contributed by atoms with van der Waals surface area (Å²) in [5.74, 6) is -1.16. The number of rotatable bonds is 5. The predicted octanol–water partition coefficient (Wildman–Crippen LogP) is 4.57. The van der Waals surface area contributed by atoms with E-state index in [1.807, 2.05) is 54.6 Å². The largest absolute Gasteiger partial charge is 0.452 e. The lowest BCUT2D eigenvalue weighted by molar-refractivity contribution is -0.119. The molecule has 150 valence electrons. The molecule has 0 aliphatic carbocycles. The van der Waals surface area contributed by atoms with E-state index in [1.54, 1.807) is 36.4 Å². The lowest BCUT2D eigenvalue weighted by Crippen LogP contribution is -2.21. The molecular weight excluding hydrogens is 390 g/mol. The lowest BCUT2D eigenvalue weighted by atomic mass is 10.0. The van der Waals surface area contributed by atoms with Gasteiger partial charge in [-0.2, -0.15) is 5.26 Å². The minimum atomic E-state index is -0.625. The fourth-order valence-electron chi connectivity index (χ4n) is 3.19. The number of pyridine rings is 1. The SMILES string of the molecule is N#Cc1ccccc1NC(=O)COC(=O)c1cc(-c2ccccc2)nc2ccccc12. The first-order chi connectivity index (χ1) is 15.2. The van der Waals surface area contributed by atoms with Crippen molar-refractivity contribution in [1.82, 2.24) is 4.98 Å². The van der Waals surface area contributed by atoms with Gasteiger partial charge in [-0.1, -0.05) is 60.7 Å². The zero-order valence-electron chi connectivity index (χ0n) is 16.4. The number of para-hydroxylation sites is 2. The lowest BCUT2D eigenvalue weighted by Gasteiger charge is -2.11. The standard InChI is InChI=1S/C25H17N3O3/c26-15-18-10-4-6-12-21(18)28-24(29)16-31-25(30)20-14-23(17-8-2-1-3-9-17)27-22-13-7-5-11-19(20)22/h1-14H,16H2,(H,28,29). The average Bonchev–Trinajstić information content (AvgIpc) is 2.82. The van der Waals surface area contributed by atoms with Crippen LogP contribution in [0.2, 0.25) is 0 Å². The Kier molecular flexibility index (Phi) is 5.68. The highest BCUT2D eigenvalue weighted by molar-refractivity contribution is 6.05. The maximum absolute atomic E-state index is 12.8. The highest BCUT2D eigenvalue weighted by Crippen LogP contribution is 2.25. The van der Waals surface area contributed by atoms with Gasteiger partial charge in [0.2, 0.25) is 0 Å². The van der Waals surface area contributed by atoms with Crippen LogP contribution in [0.1, 0.15) is 15.9 Å². The van der Waals surface area contributed by atoms with E-state index in [0.29, 0.717) is 33.4 Å². The van der Waals surface area contributed by atoms with E-state index < -0.39 is 18.5 Å². The van der Waals surface area contributed by atoms with E-state index >= 15 is 0 Å². The highest BCUT2D eigenvalue weighted by Gasteiger charge is 2.17. The van der Waals surface area contributed by atoms with Crippen molar-refractivity contribution in [2.45, 2.75) is 0 Å². The van der Waals surface area contributed by atoms with Gasteiger partial charge in [0, 0.05) is 10.9 Å². The summed E-state index contributed by atoms with van der Waals surface area (Å²) in [5, 5.41) is 12.4. The van der Waals surface area contributed by atoms with Crippen molar-refractivity contribution < 1.29 is 14.3 Å². The first-order valence-electron chi connectivity index (χ1n) is 9.57. The summed E-state index contributed by atoms with van der Waals surface area (Å²) in [6.45, 7) is -0.476. The molecule has 1 amide bonds. The molecule has 0 fully saturated rings. The molecule has 6 heteroatoms. The summed E-state index contributed by atoms with van der Waals surface area (Å²) in [4.78, 5) is 29.7. The van der Waals surface area contributed by atoms with Crippen LogP contribution in [0.25, 0.3) is 22.2 Å². The van der Waals surface area contributed by atoms with Crippen molar-refractivity contribution in [3.63, 3.8) is 0 Å². The number of nitrogens with zero attached hydrogens (tertiary/aromatic N) is 2. The Hall–Kier alpha value is -4.50. The first-order valence-corrected chi connectivity index (χ1v) is 9.57. The summed E-state index contributed by atoms with van der Waals surface area (Å²) >= 11 is 0. The number of nitriles is 1. The number of benzene rings is 3. The van der Waals surface area contributed by atoms with Crippen LogP contribution < -0.4 is 5.32 Å². The van der Waals surface area contributed by atoms with Crippen LogP contribution in [0.3, 0.4) is 0 Å². The molecular formula is C25H17N3O3. The Morgan fingerprint density at radius 3 is 2.45 bits per heavy atom. The first kappa shape index (κ1) is 19.8. The van der Waals surface area contributed by atoms with E-state index in [0.717, 1.165) is 5.56 Å². The van der Waals surface area contributed by atoms with Gasteiger partial charge >= 0.3 is 5.97 Å². The van der Waals surface area contributed by atoms with Crippen LogP contribution >= 0.6 is 0 Å². The van der Waals surface area contributed by atoms with Crippen LogP contribution in [0.4, 0.5) is 5.69 Å². The Bertz CT molecular complexity index is 1310. The Morgan fingerprint density at radius 1 is 0.935 bits per heavy atom. The third kappa shape index (κ3) is 4.41. The molecule has 1 N–H and O–H groups in total. The van der Waals surface area contributed by atoms with Gasteiger partial charge in [0.25, 0.3) is 5.91 Å². The van der Waals surface area contributed by atoms with E-state index in [1.165, 1.54) is 0 Å². The number of amides is 1. The monoisotopic (exact) mass is 407 g/mol. The number of ether oxygens (including phenoxy) is 1. The molecule has 3 aromatic carbocycles. The second kappa shape index (κ2) is 8.89. The summed E-state index contributed by atoms with van der Waals surface area (Å²) < 4.78 is 5.27. The van der Waals surface area contributed by atoms with Gasteiger partial charge in [0.15, 0.2) is 6.61 Å². The van der Waals surface area contributed by atoms with Crippen LogP contribution in [0, 0.1) is 11.3 Å². The minimum absolute atomic E-state index is 0.328. The summed E-state index contributed by atoms with van der Waals surface area (Å²) in [6.07, 6.45) is 0. The molecule has 0 atom stereocenters. The van der Waals surface area contributed by atoms with Gasteiger partial charge in [0.1, 0.15) is 6.07 Å². The number of hydrogen-bond donors (Lipinski definition) is 1. The number of aromatic nitrogens is 1. The third-order valence-electron chi connectivity index (χ3n) is 4.66. The van der Waals surface area contributed by atoms with E-state index in [-0.39, 0.29) is 0 Å². The zero-order valence-corrected chi connectivity index (χ0v) is 16.4. The Labute approximate surface area is 178 Å². The average molecular weight is 407 g/mol. The van der Waals surface area contributed by atoms with Crippen LogP contribution in [0.15, 0.2) is 84.9 Å². The van der Waals surface area contributed by atoms with Crippen molar-refractivity contribution in [2.24, 2.45) is 0 Å². The molecule has 0 unspecified atom stereocenters. The minimum Gasteiger partial charge on any atom is -0.452 e. The fourth-order valence-corrected chi connectivity index (χ4v) is 3.19. The molecule has 1 aromatic heterocycles. The number of hydrogen-bond acceptors (Lipinski definition) is 5. The smallest absolute Gasteiger partial charge is 0.339 e. The van der Waals surface area contributed by atoms with E-state index in [4.69, 9.17) is 10.00 Å². The molecule has 31 heavy (non-hydrogen) atoms. The maximum Gasteiger partial charge on any atom is 0.339 e. The highest BCUT2D eigenvalue weighted by atomic mass is 16.5. The van der Waals surface area contributed by atoms with Crippen LogP contribution in [0.5, 0.6) is 0 Å². The molecule has 1 heterocycles. The van der Waals surface area contributed by atoms with Gasteiger partial charge in [-0.05, 0) is 24.3 Å². The van der Waals surface area contributed by atoms with Crippen molar-refractivity contribution in [3.05, 3.63) is 96.1 Å². The molecule has 0 bridgehead atoms. The molecule has 6 nitrogen and oxygen atoms in total. The van der Waals surface area contributed by atoms with E-state index in [2.05, 4.69) is 10.3 Å². The van der Waals surface area contributed by atoms with Gasteiger partial charge in [-0.3, -0.25) is 4.79 Å². The maximum atomic E-state index is 12.8. The number of carbonyl (C=O) groups excluding carboxylic acids is 2. The molecule has 0 radical (unpaired) electrons. The van der Waals surface area contributed by atoms with Crippen molar-refractivity contribution in [1.29, 1.82) is 5.26 Å². The van der Waals surface area contributed by atoms with Crippen LogP contribution in [-0.4, -0.2) is 23.5 Å². The Morgan fingerprint density at radius 2 is 1.65 bits per heavy atom. The topological polar surface area (TPSA) is 92.1 Å². The number of esters is 1. The zero-order chi connectivity index (χ0) is 21.6. The molecule has 0 aliphatic rings. The molecule has 0 spiro atoms. The molecule has 0 saturated carbocycles. The number of fused-ring (bicyclic) bond motifs is 1. The van der Waals surface area contributed by atoms with Gasteiger partial charge in [-0.25, -0.2) is 9.78 Å².